The molecule has 1 N–H and O–H groups in total. The standard InChI is InChI=1S/C27H40N2O4/c1-17(2)23(28-25(31)33-26(3,4)5)24(30)32-19-11-10-18-15-22-20-9-7-8-12-27(20,21(18)16-19)13-14-29(22)6/h10-11,16-17,20,22-23H,7-9,12-15H2,1-6H3,(H,28,31)/t20-,22+,23?,27+/m0/s1. The maximum atomic E-state index is 13.1. The van der Waals surface area contributed by atoms with Crippen molar-refractivity contribution in [3.63, 3.8) is 0 Å². The Kier molecular flexibility index (Phi) is 6.51. The van der Waals surface area contributed by atoms with Gasteiger partial charge in [-0.1, -0.05) is 32.8 Å². The first-order valence-corrected chi connectivity index (χ1v) is 12.5. The molecule has 2 bridgehead atoms. The molecular formula is C27H40N2O4. The summed E-state index contributed by atoms with van der Waals surface area (Å²) in [6.07, 6.45) is 6.73. The molecule has 4 rings (SSSR count). The number of fused-ring (bicyclic) bond motifs is 1. The quantitative estimate of drug-likeness (QED) is 0.519. The fourth-order valence-electron chi connectivity index (χ4n) is 6.35. The average molecular weight is 457 g/mol. The first kappa shape index (κ1) is 24.1. The van der Waals surface area contributed by atoms with Gasteiger partial charge in [-0.3, -0.25) is 0 Å². The van der Waals surface area contributed by atoms with Crippen molar-refractivity contribution in [3.05, 3.63) is 29.3 Å². The van der Waals surface area contributed by atoms with Crippen molar-refractivity contribution in [3.8, 4) is 5.75 Å². The van der Waals surface area contributed by atoms with Crippen molar-refractivity contribution in [1.29, 1.82) is 0 Å². The van der Waals surface area contributed by atoms with Gasteiger partial charge in [-0.15, -0.1) is 0 Å². The second-order valence-corrected chi connectivity index (χ2v) is 11.6. The normalized spacial score (nSPS) is 27.8. The third-order valence-corrected chi connectivity index (χ3v) is 7.90. The van der Waals surface area contributed by atoms with E-state index in [0.717, 1.165) is 13.0 Å². The van der Waals surface area contributed by atoms with E-state index in [1.54, 1.807) is 20.8 Å². The molecule has 1 saturated carbocycles. The molecule has 3 aliphatic rings. The van der Waals surface area contributed by atoms with Crippen LogP contribution in [0.1, 0.15) is 77.8 Å². The molecule has 2 fully saturated rings. The number of ether oxygens (including phenoxy) is 2. The Balaban J connectivity index is 1.55. The highest BCUT2D eigenvalue weighted by Crippen LogP contribution is 2.55. The Labute approximate surface area is 198 Å². The van der Waals surface area contributed by atoms with E-state index in [2.05, 4.69) is 29.4 Å². The zero-order valence-corrected chi connectivity index (χ0v) is 21.1. The smallest absolute Gasteiger partial charge is 0.408 e. The minimum Gasteiger partial charge on any atom is -0.444 e. The lowest BCUT2D eigenvalue weighted by molar-refractivity contribution is -0.137. The molecule has 1 aliphatic heterocycles. The van der Waals surface area contributed by atoms with Crippen LogP contribution < -0.4 is 10.1 Å². The predicted octanol–water partition coefficient (Wildman–Crippen LogP) is 4.83. The highest BCUT2D eigenvalue weighted by molar-refractivity contribution is 5.83. The molecule has 182 valence electrons. The number of carbonyl (C=O) groups is 2. The molecule has 0 spiro atoms. The summed E-state index contributed by atoms with van der Waals surface area (Å²) < 4.78 is 11.2. The van der Waals surface area contributed by atoms with Gasteiger partial charge in [-0.2, -0.15) is 0 Å². The first-order valence-electron chi connectivity index (χ1n) is 12.5. The second-order valence-electron chi connectivity index (χ2n) is 11.6. The number of esters is 1. The Morgan fingerprint density at radius 1 is 1.18 bits per heavy atom. The van der Waals surface area contributed by atoms with Crippen molar-refractivity contribution in [1.82, 2.24) is 10.2 Å². The predicted molar refractivity (Wildman–Crippen MR) is 128 cm³/mol. The molecule has 1 heterocycles. The summed E-state index contributed by atoms with van der Waals surface area (Å²) in [5.74, 6) is 0.677. The lowest BCUT2D eigenvalue weighted by Crippen LogP contribution is -2.59. The molecule has 6 nitrogen and oxygen atoms in total. The van der Waals surface area contributed by atoms with Crippen LogP contribution in [0.15, 0.2) is 18.2 Å². The minimum absolute atomic E-state index is 0.126. The van der Waals surface area contributed by atoms with E-state index in [9.17, 15) is 9.59 Å². The topological polar surface area (TPSA) is 67.9 Å². The fourth-order valence-corrected chi connectivity index (χ4v) is 6.35. The van der Waals surface area contributed by atoms with Crippen LogP contribution in [-0.2, 0) is 21.4 Å². The van der Waals surface area contributed by atoms with Gasteiger partial charge in [0.25, 0.3) is 0 Å². The molecule has 0 aromatic heterocycles. The van der Waals surface area contributed by atoms with Crippen LogP contribution >= 0.6 is 0 Å². The van der Waals surface area contributed by atoms with Gasteiger partial charge in [0.2, 0.25) is 0 Å². The van der Waals surface area contributed by atoms with Gasteiger partial charge in [0.15, 0.2) is 0 Å². The highest BCUT2D eigenvalue weighted by Gasteiger charge is 2.53. The van der Waals surface area contributed by atoms with Gasteiger partial charge in [-0.05, 0) is 95.1 Å². The number of alkyl carbamates (subject to hydrolysis) is 1. The Hall–Kier alpha value is -2.08. The number of likely N-dealkylation sites (N-methyl/N-ethyl adjacent to an activating group) is 1. The monoisotopic (exact) mass is 456 g/mol. The number of hydrogen-bond donors (Lipinski definition) is 1. The maximum Gasteiger partial charge on any atom is 0.408 e. The van der Waals surface area contributed by atoms with Gasteiger partial charge < -0.3 is 19.7 Å². The second kappa shape index (κ2) is 8.94. The highest BCUT2D eigenvalue weighted by atomic mass is 16.6. The first-order chi connectivity index (χ1) is 15.5. The number of carbonyl (C=O) groups excluding carboxylic acids is 2. The molecular weight excluding hydrogens is 416 g/mol. The fraction of sp³-hybridized carbons (Fsp3) is 0.704. The van der Waals surface area contributed by atoms with E-state index < -0.39 is 23.7 Å². The van der Waals surface area contributed by atoms with Crippen molar-refractivity contribution in [2.24, 2.45) is 11.8 Å². The van der Waals surface area contributed by atoms with E-state index in [4.69, 9.17) is 9.47 Å². The molecule has 0 radical (unpaired) electrons. The molecule has 1 saturated heterocycles. The summed E-state index contributed by atoms with van der Waals surface area (Å²) in [4.78, 5) is 27.9. The number of piperidine rings is 1. The molecule has 1 aromatic carbocycles. The van der Waals surface area contributed by atoms with Gasteiger partial charge in [-0.25, -0.2) is 9.59 Å². The summed E-state index contributed by atoms with van der Waals surface area (Å²) in [7, 11) is 2.27. The Morgan fingerprint density at radius 3 is 2.64 bits per heavy atom. The zero-order chi connectivity index (χ0) is 24.0. The van der Waals surface area contributed by atoms with Crippen LogP contribution in [0.3, 0.4) is 0 Å². The number of amides is 1. The van der Waals surface area contributed by atoms with E-state index in [-0.39, 0.29) is 11.3 Å². The number of benzene rings is 1. The van der Waals surface area contributed by atoms with Crippen LogP contribution in [0, 0.1) is 11.8 Å². The van der Waals surface area contributed by atoms with Gasteiger partial charge >= 0.3 is 12.1 Å². The number of nitrogens with zero attached hydrogens (tertiary/aromatic N) is 1. The third kappa shape index (κ3) is 4.77. The average Bonchev–Trinajstić information content (AvgIpc) is 2.73. The lowest BCUT2D eigenvalue weighted by atomic mass is 9.52. The van der Waals surface area contributed by atoms with Crippen molar-refractivity contribution in [2.45, 2.75) is 96.2 Å². The summed E-state index contributed by atoms with van der Waals surface area (Å²) in [5.41, 5.74) is 2.37. The van der Waals surface area contributed by atoms with E-state index in [1.165, 1.54) is 43.2 Å². The number of hydrogen-bond acceptors (Lipinski definition) is 5. The number of nitrogens with one attached hydrogen (secondary N) is 1. The van der Waals surface area contributed by atoms with E-state index >= 15 is 0 Å². The van der Waals surface area contributed by atoms with Gasteiger partial charge in [0.05, 0.1) is 0 Å². The summed E-state index contributed by atoms with van der Waals surface area (Å²) in [5, 5.41) is 2.70. The Morgan fingerprint density at radius 2 is 1.94 bits per heavy atom. The van der Waals surface area contributed by atoms with Crippen molar-refractivity contribution in [2.75, 3.05) is 13.6 Å². The van der Waals surface area contributed by atoms with Crippen molar-refractivity contribution >= 4 is 12.1 Å². The molecule has 33 heavy (non-hydrogen) atoms. The lowest BCUT2D eigenvalue weighted by Gasteiger charge is -2.58. The third-order valence-electron chi connectivity index (χ3n) is 7.90. The zero-order valence-electron chi connectivity index (χ0n) is 21.1. The summed E-state index contributed by atoms with van der Waals surface area (Å²) in [6, 6.07) is 6.03. The molecule has 1 aromatic rings. The minimum atomic E-state index is -0.774. The molecule has 2 aliphatic carbocycles. The van der Waals surface area contributed by atoms with Crippen LogP contribution in [-0.4, -0.2) is 48.2 Å². The Bertz CT molecular complexity index is 906. The van der Waals surface area contributed by atoms with E-state index in [1.807, 2.05) is 19.9 Å². The van der Waals surface area contributed by atoms with Crippen LogP contribution in [0.2, 0.25) is 0 Å². The SMILES string of the molecule is CC(C)C(NC(=O)OC(C)(C)C)C(=O)Oc1ccc2c(c1)[C@@]13CCCC[C@H]1[C@@H](C2)N(C)CC3. The number of likely N-dealkylation sites (tertiary alicyclic amines) is 1. The molecule has 6 heteroatoms. The molecule has 1 unspecified atom stereocenters. The van der Waals surface area contributed by atoms with E-state index in [0.29, 0.717) is 17.7 Å². The van der Waals surface area contributed by atoms with Gasteiger partial charge in [0.1, 0.15) is 17.4 Å². The molecule has 1 amide bonds. The number of rotatable bonds is 4. The van der Waals surface area contributed by atoms with Crippen molar-refractivity contribution < 1.29 is 19.1 Å². The summed E-state index contributed by atoms with van der Waals surface area (Å²) >= 11 is 0. The molecule has 4 atom stereocenters. The maximum absolute atomic E-state index is 13.1. The van der Waals surface area contributed by atoms with Gasteiger partial charge in [0, 0.05) is 11.5 Å². The van der Waals surface area contributed by atoms with Crippen LogP contribution in [0.25, 0.3) is 0 Å². The largest absolute Gasteiger partial charge is 0.444 e. The summed E-state index contributed by atoms with van der Waals surface area (Å²) in [6.45, 7) is 10.3. The van der Waals surface area contributed by atoms with Crippen LogP contribution in [0.4, 0.5) is 4.79 Å². The van der Waals surface area contributed by atoms with Crippen LogP contribution in [0.5, 0.6) is 5.75 Å².